The topological polar surface area (TPSA) is 66.5 Å². The zero-order chi connectivity index (χ0) is 14.4. The average molecular weight is 318 g/mol. The summed E-state index contributed by atoms with van der Waals surface area (Å²) in [7, 11) is -3.22. The molecule has 1 heterocycles. The molecule has 1 amide bonds. The van der Waals surface area contributed by atoms with Gasteiger partial charge >= 0.3 is 0 Å². The zero-order valence-electron chi connectivity index (χ0n) is 11.6. The maximum absolute atomic E-state index is 12.1. The molecule has 0 unspecified atom stereocenters. The lowest BCUT2D eigenvalue weighted by atomic mass is 9.94. The highest BCUT2D eigenvalue weighted by molar-refractivity contribution is 7.99. The van der Waals surface area contributed by atoms with Crippen molar-refractivity contribution in [2.45, 2.75) is 19.3 Å². The van der Waals surface area contributed by atoms with Crippen molar-refractivity contribution in [1.82, 2.24) is 9.62 Å². The molecule has 1 N–H and O–H groups in total. The van der Waals surface area contributed by atoms with E-state index in [0.717, 1.165) is 30.8 Å². The van der Waals surface area contributed by atoms with Gasteiger partial charge in [0.05, 0.1) is 5.75 Å². The molecule has 0 bridgehead atoms. The molecule has 1 atom stereocenters. The summed E-state index contributed by atoms with van der Waals surface area (Å²) in [6, 6.07) is 0. The highest BCUT2D eigenvalue weighted by Gasteiger charge is 2.24. The predicted molar refractivity (Wildman–Crippen MR) is 82.2 cm³/mol. The summed E-state index contributed by atoms with van der Waals surface area (Å²) in [5.41, 5.74) is 0. The molecule has 5 nitrogen and oxygen atoms in total. The summed E-state index contributed by atoms with van der Waals surface area (Å²) in [5.74, 6) is 1.72. The third-order valence-electron chi connectivity index (χ3n) is 3.66. The number of rotatable bonds is 5. The van der Waals surface area contributed by atoms with Crippen molar-refractivity contribution in [3.05, 3.63) is 12.2 Å². The van der Waals surface area contributed by atoms with Crippen LogP contribution in [0.3, 0.4) is 0 Å². The van der Waals surface area contributed by atoms with Crippen LogP contribution in [0.1, 0.15) is 19.3 Å². The smallest absolute Gasteiger partial charge is 0.223 e. The third kappa shape index (κ3) is 4.49. The number of nitrogens with zero attached hydrogens (tertiary/aromatic N) is 1. The Hall–Kier alpha value is -0.530. The lowest BCUT2D eigenvalue weighted by Gasteiger charge is -2.25. The minimum atomic E-state index is -3.22. The SMILES string of the molecule is O=C(NCCS(=O)(=O)N1CCSCC1)[C@@H]1CC=CCC1. The second-order valence-electron chi connectivity index (χ2n) is 5.10. The van der Waals surface area contributed by atoms with Crippen LogP contribution in [-0.2, 0) is 14.8 Å². The molecule has 1 fully saturated rings. The Balaban J connectivity index is 1.74. The van der Waals surface area contributed by atoms with E-state index < -0.39 is 10.0 Å². The molecule has 1 aliphatic heterocycles. The summed E-state index contributed by atoms with van der Waals surface area (Å²) in [4.78, 5) is 11.9. The number of carbonyl (C=O) groups is 1. The molecule has 0 aromatic heterocycles. The number of amides is 1. The van der Waals surface area contributed by atoms with Crippen molar-refractivity contribution in [3.8, 4) is 0 Å². The highest BCUT2D eigenvalue weighted by Crippen LogP contribution is 2.18. The summed E-state index contributed by atoms with van der Waals surface area (Å²) in [6.07, 6.45) is 6.67. The number of hydrogen-bond acceptors (Lipinski definition) is 4. The summed E-state index contributed by atoms with van der Waals surface area (Å²) >= 11 is 1.78. The molecule has 0 spiro atoms. The Bertz CT molecular complexity index is 456. The van der Waals surface area contributed by atoms with Crippen LogP contribution in [-0.4, -0.2) is 55.5 Å². The third-order valence-corrected chi connectivity index (χ3v) is 6.48. The van der Waals surface area contributed by atoms with Gasteiger partial charge in [-0.15, -0.1) is 0 Å². The first-order valence-electron chi connectivity index (χ1n) is 7.08. The van der Waals surface area contributed by atoms with E-state index in [1.54, 1.807) is 16.1 Å². The van der Waals surface area contributed by atoms with Crippen molar-refractivity contribution in [1.29, 1.82) is 0 Å². The maximum atomic E-state index is 12.1. The van der Waals surface area contributed by atoms with E-state index in [-0.39, 0.29) is 24.1 Å². The molecule has 2 aliphatic rings. The fourth-order valence-electron chi connectivity index (χ4n) is 2.43. The van der Waals surface area contributed by atoms with Crippen molar-refractivity contribution in [2.75, 3.05) is 36.9 Å². The molecule has 114 valence electrons. The molecule has 7 heteroatoms. The monoisotopic (exact) mass is 318 g/mol. The minimum absolute atomic E-state index is 0.00592. The predicted octanol–water partition coefficient (Wildman–Crippen LogP) is 0.838. The second kappa shape index (κ2) is 7.47. The van der Waals surface area contributed by atoms with Crippen LogP contribution in [0.4, 0.5) is 0 Å². The Morgan fingerprint density at radius 3 is 2.70 bits per heavy atom. The molecular formula is C13H22N2O3S2. The van der Waals surface area contributed by atoms with Crippen LogP contribution in [0.15, 0.2) is 12.2 Å². The van der Waals surface area contributed by atoms with E-state index in [9.17, 15) is 13.2 Å². The van der Waals surface area contributed by atoms with Gasteiger partial charge in [0.2, 0.25) is 15.9 Å². The lowest BCUT2D eigenvalue weighted by Crippen LogP contribution is -2.42. The van der Waals surface area contributed by atoms with Crippen LogP contribution in [0.25, 0.3) is 0 Å². The van der Waals surface area contributed by atoms with Crippen molar-refractivity contribution < 1.29 is 13.2 Å². The fourth-order valence-corrected chi connectivity index (χ4v) is 4.92. The number of sulfonamides is 1. The molecular weight excluding hydrogens is 296 g/mol. The van der Waals surface area contributed by atoms with Crippen LogP contribution >= 0.6 is 11.8 Å². The van der Waals surface area contributed by atoms with E-state index in [2.05, 4.69) is 11.4 Å². The van der Waals surface area contributed by atoms with Crippen molar-refractivity contribution in [2.24, 2.45) is 5.92 Å². The Morgan fingerprint density at radius 2 is 2.05 bits per heavy atom. The van der Waals surface area contributed by atoms with E-state index in [1.807, 2.05) is 6.08 Å². The van der Waals surface area contributed by atoms with Gasteiger partial charge in [0, 0.05) is 37.1 Å². The molecule has 0 aromatic carbocycles. The van der Waals surface area contributed by atoms with Gasteiger partial charge in [-0.05, 0) is 19.3 Å². The first-order valence-corrected chi connectivity index (χ1v) is 9.84. The summed E-state index contributed by atoms with van der Waals surface area (Å²) in [5, 5.41) is 2.76. The quantitative estimate of drug-likeness (QED) is 0.763. The van der Waals surface area contributed by atoms with Gasteiger partial charge in [0.1, 0.15) is 0 Å². The van der Waals surface area contributed by atoms with Crippen LogP contribution in [0.5, 0.6) is 0 Å². The zero-order valence-corrected chi connectivity index (χ0v) is 13.2. The van der Waals surface area contributed by atoms with E-state index in [0.29, 0.717) is 13.1 Å². The van der Waals surface area contributed by atoms with E-state index >= 15 is 0 Å². The molecule has 0 radical (unpaired) electrons. The van der Waals surface area contributed by atoms with Crippen LogP contribution < -0.4 is 5.32 Å². The van der Waals surface area contributed by atoms with Crippen molar-refractivity contribution in [3.63, 3.8) is 0 Å². The largest absolute Gasteiger partial charge is 0.355 e. The Morgan fingerprint density at radius 1 is 1.30 bits per heavy atom. The van der Waals surface area contributed by atoms with E-state index in [4.69, 9.17) is 0 Å². The number of nitrogens with one attached hydrogen (secondary N) is 1. The second-order valence-corrected chi connectivity index (χ2v) is 8.41. The first-order chi connectivity index (χ1) is 9.59. The Labute approximate surface area is 125 Å². The van der Waals surface area contributed by atoms with Crippen molar-refractivity contribution >= 4 is 27.7 Å². The van der Waals surface area contributed by atoms with Gasteiger partial charge in [-0.2, -0.15) is 11.8 Å². The average Bonchev–Trinajstić information content (AvgIpc) is 2.49. The Kier molecular flexibility index (Phi) is 5.92. The standard InChI is InChI=1S/C13H22N2O3S2/c16-13(12-4-2-1-3-5-12)14-6-11-20(17,18)15-7-9-19-10-8-15/h1-2,12H,3-11H2,(H,14,16)/t12-/m1/s1. The van der Waals surface area contributed by atoms with Gasteiger partial charge < -0.3 is 5.32 Å². The number of allylic oxidation sites excluding steroid dienone is 2. The fraction of sp³-hybridized carbons (Fsp3) is 0.769. The molecule has 20 heavy (non-hydrogen) atoms. The normalized spacial score (nSPS) is 24.5. The van der Waals surface area contributed by atoms with Gasteiger partial charge in [-0.1, -0.05) is 12.2 Å². The number of thioether (sulfide) groups is 1. The van der Waals surface area contributed by atoms with Gasteiger partial charge in [0.25, 0.3) is 0 Å². The number of carbonyl (C=O) groups excluding carboxylic acids is 1. The molecule has 0 saturated carbocycles. The van der Waals surface area contributed by atoms with Crippen LogP contribution in [0.2, 0.25) is 0 Å². The summed E-state index contributed by atoms with van der Waals surface area (Å²) < 4.78 is 25.7. The first kappa shape index (κ1) is 15.9. The number of hydrogen-bond donors (Lipinski definition) is 1. The highest BCUT2D eigenvalue weighted by atomic mass is 32.2. The van der Waals surface area contributed by atoms with Crippen LogP contribution in [0, 0.1) is 5.92 Å². The van der Waals surface area contributed by atoms with Gasteiger partial charge in [0.15, 0.2) is 0 Å². The molecule has 1 saturated heterocycles. The van der Waals surface area contributed by atoms with E-state index in [1.165, 1.54) is 0 Å². The molecule has 1 aliphatic carbocycles. The van der Waals surface area contributed by atoms with Gasteiger partial charge in [-0.25, -0.2) is 12.7 Å². The summed E-state index contributed by atoms with van der Waals surface area (Å²) in [6.45, 7) is 1.40. The molecule has 2 rings (SSSR count). The van der Waals surface area contributed by atoms with Gasteiger partial charge in [-0.3, -0.25) is 4.79 Å². The minimum Gasteiger partial charge on any atom is -0.355 e. The maximum Gasteiger partial charge on any atom is 0.223 e. The lowest BCUT2D eigenvalue weighted by molar-refractivity contribution is -0.125. The molecule has 0 aromatic rings.